The summed E-state index contributed by atoms with van der Waals surface area (Å²) in [6.45, 7) is 7.67. The molecule has 0 radical (unpaired) electrons. The molecule has 3 amide bonds. The first-order valence-corrected chi connectivity index (χ1v) is 10.9. The number of amides is 3. The summed E-state index contributed by atoms with van der Waals surface area (Å²) in [5.74, 6) is -0.182. The highest BCUT2D eigenvalue weighted by Crippen LogP contribution is 2.32. The van der Waals surface area contributed by atoms with Crippen molar-refractivity contribution in [2.75, 3.05) is 29.9 Å². The molecule has 2 aromatic rings. The third-order valence-corrected chi connectivity index (χ3v) is 6.15. The van der Waals surface area contributed by atoms with E-state index < -0.39 is 6.04 Å². The summed E-state index contributed by atoms with van der Waals surface area (Å²) in [4.78, 5) is 25.7. The minimum atomic E-state index is -0.507. The van der Waals surface area contributed by atoms with Gasteiger partial charge in [0.15, 0.2) is 0 Å². The van der Waals surface area contributed by atoms with Crippen molar-refractivity contribution in [1.29, 1.82) is 0 Å². The average Bonchev–Trinajstić information content (AvgIpc) is 3.20. The Bertz CT molecular complexity index is 914. The highest BCUT2D eigenvalue weighted by atomic mass is 16.2. The maximum absolute atomic E-state index is 12.1. The predicted octanol–water partition coefficient (Wildman–Crippen LogP) is 3.35. The van der Waals surface area contributed by atoms with Crippen molar-refractivity contribution in [1.82, 2.24) is 16.0 Å². The van der Waals surface area contributed by atoms with Gasteiger partial charge in [0.2, 0.25) is 5.91 Å². The van der Waals surface area contributed by atoms with Crippen LogP contribution in [-0.2, 0) is 11.3 Å². The Morgan fingerprint density at radius 2 is 1.65 bits per heavy atom. The molecule has 2 aliphatic rings. The number of anilines is 3. The standard InChI is InChI=1S/C24H31N5O2/c1-24(2)11-13-29(14-12-24)20-9-7-19(8-10-20)27-18-5-3-17(4-6-18)15-25-22(30)21-16-26-23(31)28-21/h3-10,21,27H,11-16H2,1-2H3,(H,25,30)(H2,26,28,31)/t21-/m1/s1. The molecule has 0 aliphatic carbocycles. The fraction of sp³-hybridized carbons (Fsp3) is 0.417. The second-order valence-corrected chi connectivity index (χ2v) is 9.14. The molecule has 31 heavy (non-hydrogen) atoms. The maximum Gasteiger partial charge on any atom is 0.315 e. The van der Waals surface area contributed by atoms with Crippen LogP contribution in [0, 0.1) is 5.41 Å². The SMILES string of the molecule is CC1(C)CCN(c2ccc(Nc3ccc(CNC(=O)[C@H]4CNC(=O)N4)cc3)cc2)CC1. The second kappa shape index (κ2) is 8.88. The zero-order valence-electron chi connectivity index (χ0n) is 18.2. The Balaban J connectivity index is 1.27. The van der Waals surface area contributed by atoms with E-state index in [4.69, 9.17) is 0 Å². The molecule has 0 unspecified atom stereocenters. The summed E-state index contributed by atoms with van der Waals surface area (Å²) in [7, 11) is 0. The van der Waals surface area contributed by atoms with Gasteiger partial charge in [0.1, 0.15) is 6.04 Å². The smallest absolute Gasteiger partial charge is 0.315 e. The van der Waals surface area contributed by atoms with Gasteiger partial charge in [-0.15, -0.1) is 0 Å². The molecular formula is C24H31N5O2. The number of hydrogen-bond donors (Lipinski definition) is 4. The summed E-state index contributed by atoms with van der Waals surface area (Å²) in [5.41, 5.74) is 4.78. The van der Waals surface area contributed by atoms with Crippen LogP contribution in [0.5, 0.6) is 0 Å². The molecule has 0 saturated carbocycles. The van der Waals surface area contributed by atoms with Crippen LogP contribution in [0.25, 0.3) is 0 Å². The Kier molecular flexibility index (Phi) is 6.02. The van der Waals surface area contributed by atoms with Crippen LogP contribution in [0.3, 0.4) is 0 Å². The topological polar surface area (TPSA) is 85.5 Å². The monoisotopic (exact) mass is 421 g/mol. The van der Waals surface area contributed by atoms with E-state index >= 15 is 0 Å². The summed E-state index contributed by atoms with van der Waals surface area (Å²) >= 11 is 0. The number of piperidine rings is 1. The van der Waals surface area contributed by atoms with Gasteiger partial charge in [-0.3, -0.25) is 4.79 Å². The van der Waals surface area contributed by atoms with E-state index in [2.05, 4.69) is 64.3 Å². The summed E-state index contributed by atoms with van der Waals surface area (Å²) in [6.07, 6.45) is 2.46. The Morgan fingerprint density at radius 1 is 1.03 bits per heavy atom. The molecule has 2 heterocycles. The van der Waals surface area contributed by atoms with E-state index in [1.165, 1.54) is 18.5 Å². The van der Waals surface area contributed by atoms with Gasteiger partial charge in [-0.2, -0.15) is 0 Å². The molecular weight excluding hydrogens is 390 g/mol. The van der Waals surface area contributed by atoms with E-state index in [-0.39, 0.29) is 11.9 Å². The average molecular weight is 422 g/mol. The molecule has 2 saturated heterocycles. The molecule has 2 aromatic carbocycles. The van der Waals surface area contributed by atoms with Crippen molar-refractivity contribution in [3.05, 3.63) is 54.1 Å². The van der Waals surface area contributed by atoms with Crippen LogP contribution < -0.4 is 26.2 Å². The zero-order valence-corrected chi connectivity index (χ0v) is 18.2. The molecule has 4 N–H and O–H groups in total. The second-order valence-electron chi connectivity index (χ2n) is 9.14. The van der Waals surface area contributed by atoms with Gasteiger partial charge in [0.25, 0.3) is 0 Å². The van der Waals surface area contributed by atoms with Gasteiger partial charge < -0.3 is 26.2 Å². The van der Waals surface area contributed by atoms with Crippen LogP contribution in [-0.4, -0.2) is 37.6 Å². The van der Waals surface area contributed by atoms with Gasteiger partial charge in [-0.1, -0.05) is 26.0 Å². The van der Waals surface area contributed by atoms with E-state index in [1.807, 2.05) is 24.3 Å². The van der Waals surface area contributed by atoms with Gasteiger partial charge in [-0.25, -0.2) is 4.79 Å². The number of nitrogens with zero attached hydrogens (tertiary/aromatic N) is 1. The van der Waals surface area contributed by atoms with Crippen LogP contribution in [0.2, 0.25) is 0 Å². The Morgan fingerprint density at radius 3 is 2.23 bits per heavy atom. The molecule has 0 bridgehead atoms. The largest absolute Gasteiger partial charge is 0.371 e. The Labute approximate surface area is 183 Å². The van der Waals surface area contributed by atoms with E-state index in [0.717, 1.165) is 30.0 Å². The molecule has 7 heteroatoms. The molecule has 4 rings (SSSR count). The van der Waals surface area contributed by atoms with Crippen molar-refractivity contribution in [3.63, 3.8) is 0 Å². The lowest BCUT2D eigenvalue weighted by molar-refractivity contribution is -0.122. The van der Waals surface area contributed by atoms with Crippen molar-refractivity contribution < 1.29 is 9.59 Å². The molecule has 2 aliphatic heterocycles. The number of carbonyl (C=O) groups excluding carboxylic acids is 2. The van der Waals surface area contributed by atoms with Crippen molar-refractivity contribution >= 4 is 29.0 Å². The normalized spacial score (nSPS) is 20.0. The number of rotatable bonds is 6. The van der Waals surface area contributed by atoms with Crippen LogP contribution in [0.4, 0.5) is 21.9 Å². The van der Waals surface area contributed by atoms with Crippen LogP contribution in [0.1, 0.15) is 32.3 Å². The lowest BCUT2D eigenvalue weighted by Gasteiger charge is -2.38. The van der Waals surface area contributed by atoms with Gasteiger partial charge >= 0.3 is 6.03 Å². The van der Waals surface area contributed by atoms with Crippen LogP contribution in [0.15, 0.2) is 48.5 Å². The van der Waals surface area contributed by atoms with E-state index in [9.17, 15) is 9.59 Å². The summed E-state index contributed by atoms with van der Waals surface area (Å²) in [6, 6.07) is 15.8. The lowest BCUT2D eigenvalue weighted by atomic mass is 9.82. The minimum absolute atomic E-state index is 0.182. The Hall–Kier alpha value is -3.22. The first-order valence-electron chi connectivity index (χ1n) is 10.9. The van der Waals surface area contributed by atoms with Crippen LogP contribution >= 0.6 is 0 Å². The van der Waals surface area contributed by atoms with Crippen molar-refractivity contribution in [3.8, 4) is 0 Å². The van der Waals surface area contributed by atoms with Gasteiger partial charge in [-0.05, 0) is 60.2 Å². The van der Waals surface area contributed by atoms with E-state index in [1.54, 1.807) is 0 Å². The van der Waals surface area contributed by atoms with Crippen molar-refractivity contribution in [2.45, 2.75) is 39.3 Å². The highest BCUT2D eigenvalue weighted by Gasteiger charge is 2.26. The highest BCUT2D eigenvalue weighted by molar-refractivity contribution is 5.90. The van der Waals surface area contributed by atoms with Gasteiger partial charge in [0, 0.05) is 43.2 Å². The number of hydrogen-bond acceptors (Lipinski definition) is 4. The third-order valence-electron chi connectivity index (χ3n) is 6.15. The third kappa shape index (κ3) is 5.48. The predicted molar refractivity (Wildman–Crippen MR) is 124 cm³/mol. The molecule has 0 spiro atoms. The fourth-order valence-electron chi connectivity index (χ4n) is 3.92. The zero-order chi connectivity index (χ0) is 21.8. The van der Waals surface area contributed by atoms with Gasteiger partial charge in [0.05, 0.1) is 0 Å². The molecule has 1 atom stereocenters. The fourth-order valence-corrected chi connectivity index (χ4v) is 3.92. The maximum atomic E-state index is 12.1. The first-order chi connectivity index (χ1) is 14.9. The number of carbonyl (C=O) groups is 2. The molecule has 7 nitrogen and oxygen atoms in total. The lowest BCUT2D eigenvalue weighted by Crippen LogP contribution is -2.42. The van der Waals surface area contributed by atoms with Crippen molar-refractivity contribution in [2.24, 2.45) is 5.41 Å². The van der Waals surface area contributed by atoms with E-state index in [0.29, 0.717) is 18.5 Å². The number of benzene rings is 2. The summed E-state index contributed by atoms with van der Waals surface area (Å²) in [5, 5.41) is 11.4. The quantitative estimate of drug-likeness (QED) is 0.576. The summed E-state index contributed by atoms with van der Waals surface area (Å²) < 4.78 is 0. The molecule has 0 aromatic heterocycles. The molecule has 164 valence electrons. The molecule has 2 fully saturated rings. The first kappa shape index (κ1) is 21.0. The minimum Gasteiger partial charge on any atom is -0.371 e. The number of nitrogens with one attached hydrogen (secondary N) is 4. The number of urea groups is 1.